The second-order valence-corrected chi connectivity index (χ2v) is 3.39. The molecule has 66 valence electrons. The summed E-state index contributed by atoms with van der Waals surface area (Å²) in [7, 11) is 0. The van der Waals surface area contributed by atoms with Crippen molar-refractivity contribution in [3.8, 4) is 0 Å². The van der Waals surface area contributed by atoms with Gasteiger partial charge >= 0.3 is 0 Å². The fraction of sp³-hybridized carbons (Fsp3) is 0.455. The summed E-state index contributed by atoms with van der Waals surface area (Å²) in [5, 5.41) is 9.99. The summed E-state index contributed by atoms with van der Waals surface area (Å²) >= 11 is 0. The molecule has 0 aromatic heterocycles. The van der Waals surface area contributed by atoms with Crippen LogP contribution in [0.4, 0.5) is 0 Å². The number of hydrogen-bond donors (Lipinski definition) is 1. The molecule has 0 aliphatic heterocycles. The highest BCUT2D eigenvalue weighted by Crippen LogP contribution is 2.24. The van der Waals surface area contributed by atoms with Crippen LogP contribution in [0.1, 0.15) is 32.3 Å². The number of benzene rings is 1. The van der Waals surface area contributed by atoms with Crippen LogP contribution >= 0.6 is 0 Å². The third kappa shape index (κ3) is 2.08. The molecule has 0 aliphatic carbocycles. The van der Waals surface area contributed by atoms with E-state index in [4.69, 9.17) is 0 Å². The van der Waals surface area contributed by atoms with Crippen molar-refractivity contribution >= 4 is 0 Å². The van der Waals surface area contributed by atoms with Gasteiger partial charge in [0.1, 0.15) is 0 Å². The molecule has 1 aromatic carbocycles. The molecule has 0 aliphatic rings. The van der Waals surface area contributed by atoms with E-state index in [0.29, 0.717) is 0 Å². The maximum absolute atomic E-state index is 9.99. The first-order valence-electron chi connectivity index (χ1n) is 4.44. The molecule has 1 heteroatoms. The lowest BCUT2D eigenvalue weighted by Gasteiger charge is -2.22. The lowest BCUT2D eigenvalue weighted by atomic mass is 9.92. The SMILES string of the molecule is CCC[C@](C)(O)c1ccccc1. The van der Waals surface area contributed by atoms with E-state index < -0.39 is 5.60 Å². The van der Waals surface area contributed by atoms with E-state index in [1.807, 2.05) is 37.3 Å². The summed E-state index contributed by atoms with van der Waals surface area (Å²) < 4.78 is 0. The van der Waals surface area contributed by atoms with Crippen molar-refractivity contribution < 1.29 is 5.11 Å². The third-order valence-corrected chi connectivity index (χ3v) is 2.13. The molecule has 0 saturated heterocycles. The summed E-state index contributed by atoms with van der Waals surface area (Å²) in [5.74, 6) is 0. The van der Waals surface area contributed by atoms with E-state index in [1.165, 1.54) is 0 Å². The molecule has 0 amide bonds. The monoisotopic (exact) mass is 164 g/mol. The van der Waals surface area contributed by atoms with Crippen LogP contribution < -0.4 is 0 Å². The van der Waals surface area contributed by atoms with Crippen LogP contribution in [-0.2, 0) is 5.60 Å². The molecular weight excluding hydrogens is 148 g/mol. The van der Waals surface area contributed by atoms with Crippen LogP contribution in [0.2, 0.25) is 0 Å². The first-order chi connectivity index (χ1) is 5.67. The maximum Gasteiger partial charge on any atom is 0.0868 e. The lowest BCUT2D eigenvalue weighted by molar-refractivity contribution is 0.0470. The van der Waals surface area contributed by atoms with Crippen molar-refractivity contribution in [3.63, 3.8) is 0 Å². The normalized spacial score (nSPS) is 15.6. The van der Waals surface area contributed by atoms with E-state index in [-0.39, 0.29) is 0 Å². The summed E-state index contributed by atoms with van der Waals surface area (Å²) in [6, 6.07) is 9.82. The van der Waals surface area contributed by atoms with Gasteiger partial charge < -0.3 is 5.11 Å². The Kier molecular flexibility index (Phi) is 2.88. The van der Waals surface area contributed by atoms with E-state index in [0.717, 1.165) is 18.4 Å². The molecule has 0 saturated carbocycles. The van der Waals surface area contributed by atoms with Gasteiger partial charge in [0.05, 0.1) is 5.60 Å². The van der Waals surface area contributed by atoms with Crippen molar-refractivity contribution in [1.82, 2.24) is 0 Å². The van der Waals surface area contributed by atoms with E-state index >= 15 is 0 Å². The smallest absolute Gasteiger partial charge is 0.0868 e. The summed E-state index contributed by atoms with van der Waals surface area (Å²) in [5.41, 5.74) is 0.350. The van der Waals surface area contributed by atoms with E-state index in [1.54, 1.807) is 0 Å². The van der Waals surface area contributed by atoms with Crippen LogP contribution in [0, 0.1) is 0 Å². The fourth-order valence-corrected chi connectivity index (χ4v) is 1.43. The molecule has 1 atom stereocenters. The molecule has 1 N–H and O–H groups in total. The summed E-state index contributed by atoms with van der Waals surface area (Å²) in [6.45, 7) is 3.95. The molecular formula is C11H16O. The van der Waals surface area contributed by atoms with Crippen molar-refractivity contribution in [2.24, 2.45) is 0 Å². The maximum atomic E-state index is 9.99. The van der Waals surface area contributed by atoms with Crippen LogP contribution in [0.15, 0.2) is 30.3 Å². The number of aliphatic hydroxyl groups is 1. The highest BCUT2D eigenvalue weighted by Gasteiger charge is 2.20. The summed E-state index contributed by atoms with van der Waals surface area (Å²) in [4.78, 5) is 0. The van der Waals surface area contributed by atoms with Crippen LogP contribution in [0.5, 0.6) is 0 Å². The molecule has 1 rings (SSSR count). The molecule has 0 unspecified atom stereocenters. The highest BCUT2D eigenvalue weighted by atomic mass is 16.3. The van der Waals surface area contributed by atoms with Gasteiger partial charge in [0.15, 0.2) is 0 Å². The molecule has 0 bridgehead atoms. The van der Waals surface area contributed by atoms with Crippen molar-refractivity contribution in [3.05, 3.63) is 35.9 Å². The molecule has 1 nitrogen and oxygen atoms in total. The Morgan fingerprint density at radius 3 is 2.33 bits per heavy atom. The Balaban J connectivity index is 2.82. The first-order valence-corrected chi connectivity index (χ1v) is 4.44. The minimum absolute atomic E-state index is 0.657. The average Bonchev–Trinajstić information content (AvgIpc) is 2.06. The Labute approximate surface area is 74.1 Å². The minimum atomic E-state index is -0.657. The van der Waals surface area contributed by atoms with Crippen molar-refractivity contribution in [2.45, 2.75) is 32.3 Å². The molecule has 0 fully saturated rings. The van der Waals surface area contributed by atoms with Gasteiger partial charge in [-0.05, 0) is 18.9 Å². The predicted molar refractivity (Wildman–Crippen MR) is 50.9 cm³/mol. The number of hydrogen-bond acceptors (Lipinski definition) is 1. The van der Waals surface area contributed by atoms with E-state index in [9.17, 15) is 5.11 Å². The molecule has 12 heavy (non-hydrogen) atoms. The first kappa shape index (κ1) is 9.27. The van der Waals surface area contributed by atoms with Gasteiger partial charge in [-0.1, -0.05) is 43.7 Å². The van der Waals surface area contributed by atoms with E-state index in [2.05, 4.69) is 6.92 Å². The zero-order chi connectivity index (χ0) is 9.03. The van der Waals surface area contributed by atoms with Gasteiger partial charge in [-0.25, -0.2) is 0 Å². The van der Waals surface area contributed by atoms with Gasteiger partial charge in [0, 0.05) is 0 Å². The van der Waals surface area contributed by atoms with Gasteiger partial charge in [-0.3, -0.25) is 0 Å². The standard InChI is InChI=1S/C11H16O/c1-3-9-11(2,12)10-7-5-4-6-8-10/h4-8,12H,3,9H2,1-2H3/t11-/m0/s1. The second kappa shape index (κ2) is 3.72. The predicted octanol–water partition coefficient (Wildman–Crippen LogP) is 2.69. The Morgan fingerprint density at radius 1 is 1.25 bits per heavy atom. The largest absolute Gasteiger partial charge is 0.385 e. The van der Waals surface area contributed by atoms with Crippen LogP contribution in [0.25, 0.3) is 0 Å². The quantitative estimate of drug-likeness (QED) is 0.728. The zero-order valence-corrected chi connectivity index (χ0v) is 7.75. The number of rotatable bonds is 3. The fourth-order valence-electron chi connectivity index (χ4n) is 1.43. The Morgan fingerprint density at radius 2 is 1.83 bits per heavy atom. The van der Waals surface area contributed by atoms with Gasteiger partial charge in [-0.15, -0.1) is 0 Å². The lowest BCUT2D eigenvalue weighted by Crippen LogP contribution is -2.20. The van der Waals surface area contributed by atoms with Gasteiger partial charge in [-0.2, -0.15) is 0 Å². The highest BCUT2D eigenvalue weighted by molar-refractivity contribution is 5.21. The molecule has 1 aromatic rings. The van der Waals surface area contributed by atoms with Crippen molar-refractivity contribution in [2.75, 3.05) is 0 Å². The Bertz CT molecular complexity index is 226. The molecule has 0 radical (unpaired) electrons. The second-order valence-electron chi connectivity index (χ2n) is 3.39. The van der Waals surface area contributed by atoms with Crippen molar-refractivity contribution in [1.29, 1.82) is 0 Å². The molecule has 0 spiro atoms. The topological polar surface area (TPSA) is 20.2 Å². The van der Waals surface area contributed by atoms with Gasteiger partial charge in [0.25, 0.3) is 0 Å². The average molecular weight is 164 g/mol. The minimum Gasteiger partial charge on any atom is -0.385 e. The van der Waals surface area contributed by atoms with Crippen LogP contribution in [-0.4, -0.2) is 5.11 Å². The molecule has 0 heterocycles. The van der Waals surface area contributed by atoms with Gasteiger partial charge in [0.2, 0.25) is 0 Å². The third-order valence-electron chi connectivity index (χ3n) is 2.13. The Hall–Kier alpha value is -0.820. The summed E-state index contributed by atoms with van der Waals surface area (Å²) in [6.07, 6.45) is 1.82. The zero-order valence-electron chi connectivity index (χ0n) is 7.75. The van der Waals surface area contributed by atoms with Crippen LogP contribution in [0.3, 0.4) is 0 Å².